The Kier molecular flexibility index (Phi) is 5.12. The molecule has 0 saturated heterocycles. The first-order valence-corrected chi connectivity index (χ1v) is 12.4. The Morgan fingerprint density at radius 2 is 1.94 bits per heavy atom. The van der Waals surface area contributed by atoms with Gasteiger partial charge < -0.3 is 14.4 Å². The molecule has 35 heavy (non-hydrogen) atoms. The van der Waals surface area contributed by atoms with E-state index in [1.807, 2.05) is 54.7 Å². The molecule has 2 aromatic heterocycles. The van der Waals surface area contributed by atoms with Crippen LogP contribution in [-0.4, -0.2) is 26.8 Å². The monoisotopic (exact) mass is 577 g/mol. The summed E-state index contributed by atoms with van der Waals surface area (Å²) in [6.07, 6.45) is 1.94. The topological polar surface area (TPSA) is 93.8 Å². The zero-order valence-electron chi connectivity index (χ0n) is 18.8. The molecule has 2 aliphatic rings. The van der Waals surface area contributed by atoms with Crippen LogP contribution < -0.4 is 5.56 Å². The molecule has 2 aliphatic heterocycles. The number of nitrogens with zero attached hydrogens (tertiary/aromatic N) is 3. The highest BCUT2D eigenvalue weighted by Crippen LogP contribution is 2.40. The molecule has 6 rings (SSSR count). The van der Waals surface area contributed by atoms with Crippen molar-refractivity contribution < 1.29 is 14.6 Å². The van der Waals surface area contributed by atoms with Crippen LogP contribution in [-0.2, 0) is 28.3 Å². The third-order valence-electron chi connectivity index (χ3n) is 6.82. The maximum Gasteiger partial charge on any atom is 0.343 e. The number of hydrogen-bond donors (Lipinski definition) is 1. The first-order valence-electron chi connectivity index (χ1n) is 11.3. The van der Waals surface area contributed by atoms with E-state index in [0.717, 1.165) is 31.3 Å². The second-order valence-corrected chi connectivity index (χ2v) is 9.84. The number of para-hydroxylation sites is 2. The van der Waals surface area contributed by atoms with Gasteiger partial charge in [0.15, 0.2) is 5.60 Å². The van der Waals surface area contributed by atoms with Gasteiger partial charge in [-0.3, -0.25) is 9.79 Å². The van der Waals surface area contributed by atoms with Crippen molar-refractivity contribution in [2.24, 2.45) is 4.99 Å². The van der Waals surface area contributed by atoms with Crippen molar-refractivity contribution in [3.63, 3.8) is 0 Å². The number of fused-ring (bicyclic) bond motifs is 5. The summed E-state index contributed by atoms with van der Waals surface area (Å²) in [5.41, 5.74) is 3.14. The number of carbonyl (C=O) groups excluding carboxylic acids is 1. The average Bonchev–Trinajstić information content (AvgIpc) is 3.24. The Bertz CT molecular complexity index is 1640. The fourth-order valence-corrected chi connectivity index (χ4v) is 5.42. The summed E-state index contributed by atoms with van der Waals surface area (Å²) < 4.78 is 7.86. The van der Waals surface area contributed by atoms with Gasteiger partial charge in [-0.2, -0.15) is 0 Å². The van der Waals surface area contributed by atoms with E-state index in [1.165, 1.54) is 0 Å². The van der Waals surface area contributed by atoms with Crippen LogP contribution in [0.5, 0.6) is 0 Å². The highest BCUT2D eigenvalue weighted by Gasteiger charge is 2.45. The minimum absolute atomic E-state index is 0.105. The molecule has 1 atom stereocenters. The smallest absolute Gasteiger partial charge is 0.343 e. The number of rotatable bonds is 3. The molecule has 1 N–H and O–H groups in total. The van der Waals surface area contributed by atoms with Crippen molar-refractivity contribution in [1.29, 1.82) is 0 Å². The van der Waals surface area contributed by atoms with Gasteiger partial charge in [0.25, 0.3) is 5.56 Å². The van der Waals surface area contributed by atoms with Gasteiger partial charge in [0.05, 0.1) is 34.7 Å². The number of hydrogen-bond acceptors (Lipinski definition) is 6. The summed E-state index contributed by atoms with van der Waals surface area (Å²) in [5, 5.41) is 12.0. The van der Waals surface area contributed by atoms with Crippen molar-refractivity contribution in [3.8, 4) is 11.4 Å². The van der Waals surface area contributed by atoms with E-state index >= 15 is 0 Å². The van der Waals surface area contributed by atoms with Crippen molar-refractivity contribution in [1.82, 2.24) is 9.55 Å². The first kappa shape index (κ1) is 22.1. The molecular formula is C27H20IN3O4. The summed E-state index contributed by atoms with van der Waals surface area (Å²) in [5.74, 6) is -0.730. The Morgan fingerprint density at radius 1 is 1.17 bits per heavy atom. The summed E-state index contributed by atoms with van der Waals surface area (Å²) in [4.78, 5) is 35.6. The maximum absolute atomic E-state index is 13.5. The predicted octanol–water partition coefficient (Wildman–Crippen LogP) is 4.43. The molecule has 7 nitrogen and oxygen atoms in total. The molecule has 0 bridgehead atoms. The van der Waals surface area contributed by atoms with Crippen LogP contribution in [0.25, 0.3) is 22.3 Å². The van der Waals surface area contributed by atoms with E-state index in [1.54, 1.807) is 17.6 Å². The maximum atomic E-state index is 13.5. The lowest BCUT2D eigenvalue weighted by Crippen LogP contribution is -2.44. The van der Waals surface area contributed by atoms with Crippen molar-refractivity contribution in [2.75, 3.05) is 0 Å². The van der Waals surface area contributed by atoms with E-state index in [0.29, 0.717) is 29.1 Å². The molecule has 4 aromatic rings. The molecule has 0 aliphatic carbocycles. The number of aliphatic hydroxyl groups is 1. The van der Waals surface area contributed by atoms with Crippen LogP contribution in [0.1, 0.15) is 35.6 Å². The normalized spacial score (nSPS) is 18.4. The Labute approximate surface area is 214 Å². The van der Waals surface area contributed by atoms with Crippen LogP contribution in [0.4, 0.5) is 5.69 Å². The van der Waals surface area contributed by atoms with Crippen molar-refractivity contribution >= 4 is 51.4 Å². The fraction of sp³-hybridized carbons (Fsp3) is 0.185. The highest BCUT2D eigenvalue weighted by molar-refractivity contribution is 14.1. The Balaban J connectivity index is 1.60. The molecule has 0 amide bonds. The molecule has 0 radical (unpaired) electrons. The number of aromatic nitrogens is 2. The number of benzene rings is 2. The van der Waals surface area contributed by atoms with Gasteiger partial charge in [0.2, 0.25) is 0 Å². The SMILES string of the molecule is CC[C@@]1(O)C(=O)OCc2c1cc1n(c2=O)Cc2c-1nc1ccccc1c2C=Nc1ccccc1I. The highest BCUT2D eigenvalue weighted by atomic mass is 127. The number of ether oxygens (including phenoxy) is 1. The van der Waals surface area contributed by atoms with Gasteiger partial charge in [-0.1, -0.05) is 37.3 Å². The van der Waals surface area contributed by atoms with E-state index in [9.17, 15) is 14.7 Å². The largest absolute Gasteiger partial charge is 0.458 e. The minimum atomic E-state index is -1.85. The quantitative estimate of drug-likeness (QED) is 0.195. The Hall–Kier alpha value is -3.37. The molecule has 8 heteroatoms. The zero-order valence-corrected chi connectivity index (χ0v) is 20.9. The van der Waals surface area contributed by atoms with E-state index in [2.05, 4.69) is 22.6 Å². The third-order valence-corrected chi connectivity index (χ3v) is 7.74. The number of pyridine rings is 2. The predicted molar refractivity (Wildman–Crippen MR) is 141 cm³/mol. The standard InChI is InChI=1S/C27H20IN3O4/c1-2-27(34)19-11-23-24-17(13-31(23)25(32)18(19)14-35-26(27)33)16(15-7-3-5-9-21(15)30-24)12-29-22-10-6-4-8-20(22)28/h3-12,34H,2,13-14H2,1H3/t27-/m0/s1. The van der Waals surface area contributed by atoms with Gasteiger partial charge in [-0.05, 0) is 53.3 Å². The lowest BCUT2D eigenvalue weighted by Gasteiger charge is -2.31. The minimum Gasteiger partial charge on any atom is -0.458 e. The van der Waals surface area contributed by atoms with E-state index in [-0.39, 0.29) is 18.6 Å². The van der Waals surface area contributed by atoms with Crippen LogP contribution in [0, 0.1) is 3.57 Å². The molecular weight excluding hydrogens is 557 g/mol. The Morgan fingerprint density at radius 3 is 2.74 bits per heavy atom. The van der Waals surface area contributed by atoms with E-state index in [4.69, 9.17) is 14.7 Å². The molecule has 0 saturated carbocycles. The molecule has 2 aromatic carbocycles. The summed E-state index contributed by atoms with van der Waals surface area (Å²) in [6, 6.07) is 17.4. The van der Waals surface area contributed by atoms with Crippen LogP contribution in [0.15, 0.2) is 64.4 Å². The molecule has 0 unspecified atom stereocenters. The average molecular weight is 577 g/mol. The molecule has 4 heterocycles. The van der Waals surface area contributed by atoms with Gasteiger partial charge in [0, 0.05) is 31.9 Å². The number of carbonyl (C=O) groups is 1. The van der Waals surface area contributed by atoms with Crippen LogP contribution in [0.2, 0.25) is 0 Å². The van der Waals surface area contributed by atoms with Gasteiger partial charge in [0.1, 0.15) is 6.61 Å². The molecule has 174 valence electrons. The second kappa shape index (κ2) is 8.10. The van der Waals surface area contributed by atoms with Crippen LogP contribution in [0.3, 0.4) is 0 Å². The summed E-state index contributed by atoms with van der Waals surface area (Å²) >= 11 is 2.26. The van der Waals surface area contributed by atoms with Crippen molar-refractivity contribution in [3.05, 3.63) is 90.8 Å². The van der Waals surface area contributed by atoms with Crippen LogP contribution >= 0.6 is 22.6 Å². The fourth-order valence-electron chi connectivity index (χ4n) is 4.90. The zero-order chi connectivity index (χ0) is 24.3. The second-order valence-electron chi connectivity index (χ2n) is 8.68. The first-order chi connectivity index (χ1) is 16.9. The van der Waals surface area contributed by atoms with Gasteiger partial charge >= 0.3 is 5.97 Å². The van der Waals surface area contributed by atoms with Crippen molar-refractivity contribution in [2.45, 2.75) is 32.1 Å². The number of cyclic esters (lactones) is 1. The summed E-state index contributed by atoms with van der Waals surface area (Å²) in [6.45, 7) is 1.86. The lowest BCUT2D eigenvalue weighted by atomic mass is 9.86. The van der Waals surface area contributed by atoms with Gasteiger partial charge in [-0.15, -0.1) is 0 Å². The summed E-state index contributed by atoms with van der Waals surface area (Å²) in [7, 11) is 0. The van der Waals surface area contributed by atoms with Gasteiger partial charge in [-0.25, -0.2) is 9.78 Å². The molecule has 0 fully saturated rings. The number of esters is 1. The lowest BCUT2D eigenvalue weighted by molar-refractivity contribution is -0.172. The molecule has 0 spiro atoms. The third kappa shape index (κ3) is 3.27. The number of halogens is 1. The van der Waals surface area contributed by atoms with E-state index < -0.39 is 11.6 Å². The number of aliphatic imine (C=N–C) groups is 1.